The summed E-state index contributed by atoms with van der Waals surface area (Å²) >= 11 is 0. The average Bonchev–Trinajstić information content (AvgIpc) is 3.42. The van der Waals surface area contributed by atoms with Crippen molar-refractivity contribution in [2.45, 2.75) is 18.8 Å². The van der Waals surface area contributed by atoms with Crippen LogP contribution in [0.15, 0.2) is 47.0 Å². The highest BCUT2D eigenvalue weighted by Gasteiger charge is 2.27. The molecule has 5 rings (SSSR count). The Morgan fingerprint density at radius 2 is 1.93 bits per heavy atom. The smallest absolute Gasteiger partial charge is 0.265 e. The Hall–Kier alpha value is -3.49. The zero-order valence-corrected chi connectivity index (χ0v) is 16.4. The predicted molar refractivity (Wildman–Crippen MR) is 109 cm³/mol. The Balaban J connectivity index is 1.44. The Morgan fingerprint density at radius 1 is 1.07 bits per heavy atom. The Labute approximate surface area is 168 Å². The van der Waals surface area contributed by atoms with Gasteiger partial charge in [-0.05, 0) is 30.1 Å². The van der Waals surface area contributed by atoms with Crippen molar-refractivity contribution in [3.63, 3.8) is 0 Å². The molecule has 1 saturated heterocycles. The Bertz CT molecular complexity index is 1120. The lowest BCUT2D eigenvalue weighted by Crippen LogP contribution is -2.35. The fourth-order valence-corrected chi connectivity index (χ4v) is 3.68. The van der Waals surface area contributed by atoms with Gasteiger partial charge in [-0.1, -0.05) is 30.3 Å². The van der Waals surface area contributed by atoms with Gasteiger partial charge in [0.05, 0.1) is 5.92 Å². The maximum absolute atomic E-state index is 5.51. The molecule has 0 saturated carbocycles. The summed E-state index contributed by atoms with van der Waals surface area (Å²) in [6, 6.07) is 13.9. The Morgan fingerprint density at radius 3 is 2.72 bits per heavy atom. The lowest BCUT2D eigenvalue weighted by Gasteiger charge is -2.31. The molecule has 0 radical (unpaired) electrons. The number of nitrogens with zero attached hydrogens (tertiary/aromatic N) is 8. The first-order valence-corrected chi connectivity index (χ1v) is 9.73. The summed E-state index contributed by atoms with van der Waals surface area (Å²) in [7, 11) is 3.81. The molecular weight excluding hydrogens is 368 g/mol. The normalized spacial score (nSPS) is 17.0. The molecule has 0 bridgehead atoms. The van der Waals surface area contributed by atoms with Crippen LogP contribution in [0.1, 0.15) is 24.7 Å². The van der Waals surface area contributed by atoms with Crippen molar-refractivity contribution >= 4 is 17.4 Å². The zero-order valence-electron chi connectivity index (χ0n) is 16.4. The van der Waals surface area contributed by atoms with Crippen LogP contribution < -0.4 is 9.80 Å². The molecule has 1 unspecified atom stereocenters. The van der Waals surface area contributed by atoms with Crippen molar-refractivity contribution < 1.29 is 4.52 Å². The third-order valence-corrected chi connectivity index (χ3v) is 5.21. The van der Waals surface area contributed by atoms with E-state index >= 15 is 0 Å². The van der Waals surface area contributed by atoms with Crippen molar-refractivity contribution in [3.05, 3.63) is 48.4 Å². The molecule has 4 heterocycles. The van der Waals surface area contributed by atoms with E-state index in [-0.39, 0.29) is 5.92 Å². The lowest BCUT2D eigenvalue weighted by atomic mass is 9.98. The zero-order chi connectivity index (χ0) is 19.8. The van der Waals surface area contributed by atoms with Gasteiger partial charge in [0.15, 0.2) is 11.5 Å². The average molecular weight is 390 g/mol. The summed E-state index contributed by atoms with van der Waals surface area (Å²) in [5, 5.41) is 17.5. The fraction of sp³-hybridized carbons (Fsp3) is 0.350. The van der Waals surface area contributed by atoms with Crippen molar-refractivity contribution in [1.82, 2.24) is 30.0 Å². The highest BCUT2D eigenvalue weighted by atomic mass is 16.5. The maximum atomic E-state index is 5.51. The molecule has 1 fully saturated rings. The largest absolute Gasteiger partial charge is 0.354 e. The van der Waals surface area contributed by atoms with Gasteiger partial charge >= 0.3 is 0 Å². The molecular formula is C20H22N8O. The summed E-state index contributed by atoms with van der Waals surface area (Å²) < 4.78 is 7.32. The van der Waals surface area contributed by atoms with Crippen LogP contribution in [-0.2, 0) is 0 Å². The fourth-order valence-electron chi connectivity index (χ4n) is 3.68. The standard InChI is InChI=1S/C20H22N8O/c1-26(2)20-21-19(29-25-20)15-9-6-12-27(13-15)17-11-10-16-22-23-18(28(16)24-17)14-7-4-3-5-8-14/h3-5,7-8,10-11,15H,6,9,12-13H2,1-2H3. The monoisotopic (exact) mass is 390 g/mol. The molecule has 4 aromatic rings. The second-order valence-corrected chi connectivity index (χ2v) is 7.46. The molecule has 1 aromatic carbocycles. The van der Waals surface area contributed by atoms with Crippen molar-refractivity contribution in [2.75, 3.05) is 37.0 Å². The van der Waals surface area contributed by atoms with E-state index in [4.69, 9.17) is 9.62 Å². The van der Waals surface area contributed by atoms with Crippen LogP contribution in [0.2, 0.25) is 0 Å². The van der Waals surface area contributed by atoms with Crippen molar-refractivity contribution in [3.8, 4) is 11.4 Å². The van der Waals surface area contributed by atoms with Crippen LogP contribution in [0, 0.1) is 0 Å². The molecule has 29 heavy (non-hydrogen) atoms. The van der Waals surface area contributed by atoms with Crippen LogP contribution in [-0.4, -0.2) is 57.1 Å². The highest BCUT2D eigenvalue weighted by Crippen LogP contribution is 2.29. The number of aromatic nitrogens is 6. The number of anilines is 2. The topological polar surface area (TPSA) is 88.5 Å². The lowest BCUT2D eigenvalue weighted by molar-refractivity contribution is 0.332. The molecule has 148 valence electrons. The first kappa shape index (κ1) is 17.6. The van der Waals surface area contributed by atoms with Gasteiger partial charge < -0.3 is 14.3 Å². The first-order valence-electron chi connectivity index (χ1n) is 9.73. The summed E-state index contributed by atoms with van der Waals surface area (Å²) in [5.41, 5.74) is 1.72. The van der Waals surface area contributed by atoms with Gasteiger partial charge in [-0.25, -0.2) is 0 Å². The van der Waals surface area contributed by atoms with Crippen molar-refractivity contribution in [2.24, 2.45) is 0 Å². The molecule has 0 amide bonds. The minimum Gasteiger partial charge on any atom is -0.354 e. The summed E-state index contributed by atoms with van der Waals surface area (Å²) in [5.74, 6) is 3.12. The number of benzene rings is 1. The molecule has 9 heteroatoms. The van der Waals surface area contributed by atoms with E-state index in [2.05, 4.69) is 25.2 Å². The van der Waals surface area contributed by atoms with Gasteiger partial charge in [0, 0.05) is 32.7 Å². The molecule has 3 aromatic heterocycles. The predicted octanol–water partition coefficient (Wildman–Crippen LogP) is 2.62. The van der Waals surface area contributed by atoms with E-state index in [0.717, 1.165) is 48.8 Å². The van der Waals surface area contributed by atoms with Gasteiger partial charge in [0.25, 0.3) is 5.95 Å². The van der Waals surface area contributed by atoms with E-state index in [9.17, 15) is 0 Å². The van der Waals surface area contributed by atoms with Crippen LogP contribution in [0.5, 0.6) is 0 Å². The van der Waals surface area contributed by atoms with Gasteiger partial charge in [-0.3, -0.25) is 0 Å². The van der Waals surface area contributed by atoms with E-state index in [0.29, 0.717) is 11.8 Å². The summed E-state index contributed by atoms with van der Waals surface area (Å²) in [4.78, 5) is 8.65. The summed E-state index contributed by atoms with van der Waals surface area (Å²) in [6.45, 7) is 1.73. The SMILES string of the molecule is CN(C)c1noc(C2CCCN(c3ccc4nnc(-c5ccccc5)n4n3)C2)n1. The van der Waals surface area contributed by atoms with Gasteiger partial charge in [0.2, 0.25) is 5.89 Å². The first-order chi connectivity index (χ1) is 14.2. The number of hydrogen-bond acceptors (Lipinski definition) is 8. The van der Waals surface area contributed by atoms with Gasteiger partial charge in [0.1, 0.15) is 5.82 Å². The van der Waals surface area contributed by atoms with Gasteiger partial charge in [-0.15, -0.1) is 15.3 Å². The van der Waals surface area contributed by atoms with E-state index in [1.54, 1.807) is 0 Å². The quantitative estimate of drug-likeness (QED) is 0.525. The van der Waals surface area contributed by atoms with Gasteiger partial charge in [-0.2, -0.15) is 9.50 Å². The van der Waals surface area contributed by atoms with E-state index < -0.39 is 0 Å². The number of hydrogen-bond donors (Lipinski definition) is 0. The van der Waals surface area contributed by atoms with Crippen LogP contribution >= 0.6 is 0 Å². The third-order valence-electron chi connectivity index (χ3n) is 5.21. The molecule has 1 aliphatic rings. The molecule has 1 atom stereocenters. The highest BCUT2D eigenvalue weighted by molar-refractivity contribution is 5.59. The molecule has 1 aliphatic heterocycles. The number of piperidine rings is 1. The van der Waals surface area contributed by atoms with Crippen LogP contribution in [0.3, 0.4) is 0 Å². The number of fused-ring (bicyclic) bond motifs is 1. The van der Waals surface area contributed by atoms with Crippen molar-refractivity contribution in [1.29, 1.82) is 0 Å². The molecule has 0 N–H and O–H groups in total. The molecule has 0 spiro atoms. The van der Waals surface area contributed by atoms with Crippen LogP contribution in [0.25, 0.3) is 17.0 Å². The molecule has 0 aliphatic carbocycles. The van der Waals surface area contributed by atoms with E-state index in [1.807, 2.05) is 66.0 Å². The van der Waals surface area contributed by atoms with E-state index in [1.165, 1.54) is 0 Å². The third kappa shape index (κ3) is 3.28. The minimum absolute atomic E-state index is 0.192. The minimum atomic E-state index is 0.192. The number of rotatable bonds is 4. The second kappa shape index (κ2) is 7.16. The molecule has 9 nitrogen and oxygen atoms in total. The second-order valence-electron chi connectivity index (χ2n) is 7.46. The van der Waals surface area contributed by atoms with Crippen LogP contribution in [0.4, 0.5) is 11.8 Å². The Kier molecular flexibility index (Phi) is 4.34. The maximum Gasteiger partial charge on any atom is 0.265 e. The summed E-state index contributed by atoms with van der Waals surface area (Å²) in [6.07, 6.45) is 2.06.